The van der Waals surface area contributed by atoms with E-state index in [-0.39, 0.29) is 15.9 Å². The first-order valence-electron chi connectivity index (χ1n) is 10.0. The number of hydrogen-bond acceptors (Lipinski definition) is 9. The van der Waals surface area contributed by atoms with Gasteiger partial charge in [-0.15, -0.1) is 10.2 Å². The van der Waals surface area contributed by atoms with Gasteiger partial charge in [-0.3, -0.25) is 9.52 Å². The number of benzene rings is 1. The molecule has 3 rings (SSSR count). The minimum atomic E-state index is -3.82. The topological polar surface area (TPSA) is 138 Å². The Kier molecular flexibility index (Phi) is 8.01. The summed E-state index contributed by atoms with van der Waals surface area (Å²) in [6, 6.07) is 11.5. The van der Waals surface area contributed by atoms with E-state index in [0.717, 1.165) is 29.9 Å². The molecule has 172 valence electrons. The van der Waals surface area contributed by atoms with Crippen molar-refractivity contribution < 1.29 is 13.2 Å². The zero-order chi connectivity index (χ0) is 24.0. The fraction of sp³-hybridized carbons (Fsp3) is 0.286. The van der Waals surface area contributed by atoms with Crippen molar-refractivity contribution in [3.63, 3.8) is 0 Å². The summed E-state index contributed by atoms with van der Waals surface area (Å²) in [5.41, 5.74) is 1.75. The van der Waals surface area contributed by atoms with Crippen LogP contribution in [-0.2, 0) is 21.2 Å². The third kappa shape index (κ3) is 6.50. The molecule has 0 saturated heterocycles. The summed E-state index contributed by atoms with van der Waals surface area (Å²) in [6.45, 7) is 5.50. The van der Waals surface area contributed by atoms with Crippen LogP contribution in [0, 0.1) is 18.3 Å². The van der Waals surface area contributed by atoms with Crippen LogP contribution < -0.4 is 10.0 Å². The second kappa shape index (κ2) is 10.7. The number of aryl methyl sites for hydroxylation is 2. The summed E-state index contributed by atoms with van der Waals surface area (Å²) < 4.78 is 27.4. The Balaban J connectivity index is 1.66. The van der Waals surface area contributed by atoms with Crippen molar-refractivity contribution in [3.05, 3.63) is 52.7 Å². The third-order valence-corrected chi connectivity index (χ3v) is 7.72. The van der Waals surface area contributed by atoms with Crippen molar-refractivity contribution in [2.45, 2.75) is 48.8 Å². The van der Waals surface area contributed by atoms with E-state index in [1.807, 2.05) is 13.0 Å². The molecular weight excluding hydrogens is 480 g/mol. The van der Waals surface area contributed by atoms with E-state index in [0.29, 0.717) is 21.3 Å². The van der Waals surface area contributed by atoms with E-state index >= 15 is 0 Å². The van der Waals surface area contributed by atoms with Crippen molar-refractivity contribution in [1.29, 1.82) is 5.26 Å². The van der Waals surface area contributed by atoms with Gasteiger partial charge in [0.1, 0.15) is 16.1 Å². The van der Waals surface area contributed by atoms with Crippen molar-refractivity contribution in [3.8, 4) is 6.07 Å². The number of pyridine rings is 1. The van der Waals surface area contributed by atoms with Gasteiger partial charge in [0.2, 0.25) is 11.0 Å². The zero-order valence-electron chi connectivity index (χ0n) is 18.2. The number of hydrogen-bond donors (Lipinski definition) is 2. The van der Waals surface area contributed by atoms with Crippen LogP contribution in [0.2, 0.25) is 0 Å². The number of nitrogens with zero attached hydrogens (tertiary/aromatic N) is 4. The van der Waals surface area contributed by atoms with Crippen LogP contribution in [0.25, 0.3) is 0 Å². The van der Waals surface area contributed by atoms with E-state index < -0.39 is 15.3 Å². The van der Waals surface area contributed by atoms with E-state index in [9.17, 15) is 18.5 Å². The Morgan fingerprint density at radius 1 is 1.21 bits per heavy atom. The van der Waals surface area contributed by atoms with Crippen molar-refractivity contribution in [2.24, 2.45) is 0 Å². The molecular formula is C21H22N6O3S3. The van der Waals surface area contributed by atoms with E-state index in [1.54, 1.807) is 19.9 Å². The van der Waals surface area contributed by atoms with Gasteiger partial charge in [0, 0.05) is 11.4 Å². The minimum absolute atomic E-state index is 0.0337. The lowest BCUT2D eigenvalue weighted by Gasteiger charge is -2.13. The Labute approximate surface area is 200 Å². The summed E-state index contributed by atoms with van der Waals surface area (Å²) in [7, 11) is -3.82. The lowest BCUT2D eigenvalue weighted by atomic mass is 10.2. The summed E-state index contributed by atoms with van der Waals surface area (Å²) in [5, 5.41) is 20.5. The molecule has 33 heavy (non-hydrogen) atoms. The highest BCUT2D eigenvalue weighted by atomic mass is 32.2. The number of amides is 1. The van der Waals surface area contributed by atoms with Gasteiger partial charge in [-0.05, 0) is 56.7 Å². The molecule has 1 aromatic carbocycles. The summed E-state index contributed by atoms with van der Waals surface area (Å²) >= 11 is 2.34. The molecule has 0 aliphatic rings. The van der Waals surface area contributed by atoms with Crippen molar-refractivity contribution >= 4 is 49.8 Å². The van der Waals surface area contributed by atoms with Crippen LogP contribution in [0.1, 0.15) is 36.5 Å². The molecule has 12 heteroatoms. The smallest absolute Gasteiger partial charge is 0.263 e. The van der Waals surface area contributed by atoms with E-state index in [1.165, 1.54) is 36.0 Å². The van der Waals surface area contributed by atoms with E-state index in [4.69, 9.17) is 0 Å². The first kappa shape index (κ1) is 24.6. The molecule has 0 radical (unpaired) electrons. The molecule has 1 amide bonds. The first-order valence-corrected chi connectivity index (χ1v) is 13.2. The SMILES string of the molecule is CCCc1ccc(C#N)c(SC(C)C(=O)Nc2ccc(S(=O)(=O)Nc3nnc(C)s3)cc2)n1. The maximum absolute atomic E-state index is 12.7. The minimum Gasteiger partial charge on any atom is -0.325 e. The quantitative estimate of drug-likeness (QED) is 0.419. The predicted molar refractivity (Wildman–Crippen MR) is 129 cm³/mol. The Morgan fingerprint density at radius 2 is 1.94 bits per heavy atom. The fourth-order valence-electron chi connectivity index (χ4n) is 2.74. The standard InChI is InChI=1S/C21H22N6O3S3/c1-4-5-16-7-6-15(12-22)20(24-16)31-13(2)19(28)23-17-8-10-18(11-9-17)33(29,30)27-21-26-25-14(3)32-21/h6-11,13H,4-5H2,1-3H3,(H,23,28)(H,26,27). The van der Waals surface area contributed by atoms with Gasteiger partial charge in [0.25, 0.3) is 10.0 Å². The molecule has 9 nitrogen and oxygen atoms in total. The van der Waals surface area contributed by atoms with Crippen molar-refractivity contribution in [2.75, 3.05) is 10.0 Å². The number of thioether (sulfide) groups is 1. The highest BCUT2D eigenvalue weighted by molar-refractivity contribution is 8.00. The van der Waals surface area contributed by atoms with Crippen LogP contribution in [0.4, 0.5) is 10.8 Å². The van der Waals surface area contributed by atoms with Gasteiger partial charge in [0.05, 0.1) is 15.7 Å². The molecule has 2 N–H and O–H groups in total. The number of aromatic nitrogens is 3. The fourth-order valence-corrected chi connectivity index (χ4v) is 5.48. The van der Waals surface area contributed by atoms with Crippen LogP contribution in [0.3, 0.4) is 0 Å². The van der Waals surface area contributed by atoms with Gasteiger partial charge in [-0.25, -0.2) is 13.4 Å². The third-order valence-electron chi connectivity index (χ3n) is 4.38. The predicted octanol–water partition coefficient (Wildman–Crippen LogP) is 3.99. The molecule has 0 spiro atoms. The Hall–Kier alpha value is -3.01. The molecule has 0 fully saturated rings. The molecule has 0 bridgehead atoms. The van der Waals surface area contributed by atoms with Gasteiger partial charge >= 0.3 is 0 Å². The average Bonchev–Trinajstić information content (AvgIpc) is 3.18. The molecule has 1 atom stereocenters. The van der Waals surface area contributed by atoms with Crippen LogP contribution >= 0.6 is 23.1 Å². The Bertz CT molecular complexity index is 1280. The summed E-state index contributed by atoms with van der Waals surface area (Å²) in [5.74, 6) is -0.287. The number of carbonyl (C=O) groups excluding carboxylic acids is 1. The van der Waals surface area contributed by atoms with Gasteiger partial charge in [-0.1, -0.05) is 36.4 Å². The maximum atomic E-state index is 12.7. The Morgan fingerprint density at radius 3 is 2.55 bits per heavy atom. The lowest BCUT2D eigenvalue weighted by Crippen LogP contribution is -2.22. The monoisotopic (exact) mass is 502 g/mol. The normalized spacial score (nSPS) is 12.1. The van der Waals surface area contributed by atoms with Crippen LogP contribution in [-0.4, -0.2) is 34.8 Å². The molecule has 1 unspecified atom stereocenters. The zero-order valence-corrected chi connectivity index (χ0v) is 20.6. The highest BCUT2D eigenvalue weighted by Gasteiger charge is 2.20. The number of anilines is 2. The second-order valence-corrected chi connectivity index (χ2v) is 11.2. The van der Waals surface area contributed by atoms with E-state index in [2.05, 4.69) is 31.3 Å². The first-order chi connectivity index (χ1) is 15.7. The number of sulfonamides is 1. The van der Waals surface area contributed by atoms with Crippen LogP contribution in [0.15, 0.2) is 46.3 Å². The number of nitriles is 1. The largest absolute Gasteiger partial charge is 0.325 e. The summed E-state index contributed by atoms with van der Waals surface area (Å²) in [4.78, 5) is 17.2. The highest BCUT2D eigenvalue weighted by Crippen LogP contribution is 2.27. The molecule has 2 aromatic heterocycles. The van der Waals surface area contributed by atoms with Gasteiger partial charge in [-0.2, -0.15) is 5.26 Å². The number of nitrogens with one attached hydrogen (secondary N) is 2. The second-order valence-electron chi connectivity index (χ2n) is 7.02. The molecule has 0 saturated carbocycles. The van der Waals surface area contributed by atoms with Crippen molar-refractivity contribution in [1.82, 2.24) is 15.2 Å². The number of carbonyl (C=O) groups is 1. The molecule has 0 aliphatic carbocycles. The van der Waals surface area contributed by atoms with Gasteiger partial charge < -0.3 is 5.32 Å². The van der Waals surface area contributed by atoms with Crippen LogP contribution in [0.5, 0.6) is 0 Å². The lowest BCUT2D eigenvalue weighted by molar-refractivity contribution is -0.115. The summed E-state index contributed by atoms with van der Waals surface area (Å²) in [6.07, 6.45) is 1.73. The number of rotatable bonds is 9. The average molecular weight is 503 g/mol. The maximum Gasteiger partial charge on any atom is 0.263 e. The molecule has 3 aromatic rings. The van der Waals surface area contributed by atoms with Gasteiger partial charge in [0.15, 0.2) is 0 Å². The molecule has 0 aliphatic heterocycles. The molecule has 2 heterocycles.